The number of amides is 2. The summed E-state index contributed by atoms with van der Waals surface area (Å²) >= 11 is 1.49. The second-order valence-corrected chi connectivity index (χ2v) is 6.11. The molecule has 0 aliphatic carbocycles. The van der Waals surface area contributed by atoms with Gasteiger partial charge in [0.15, 0.2) is 0 Å². The van der Waals surface area contributed by atoms with Gasteiger partial charge in [-0.3, -0.25) is 9.59 Å². The predicted molar refractivity (Wildman–Crippen MR) is 94.9 cm³/mol. The van der Waals surface area contributed by atoms with Crippen LogP contribution in [-0.2, 0) is 16.6 Å². The van der Waals surface area contributed by atoms with E-state index in [2.05, 4.69) is 10.6 Å². The minimum Gasteiger partial charge on any atom is -0.387 e. The third-order valence-corrected chi connectivity index (χ3v) is 4.39. The van der Waals surface area contributed by atoms with Crippen molar-refractivity contribution in [3.63, 3.8) is 0 Å². The normalized spacial score (nSPS) is 11.8. The second kappa shape index (κ2) is 8.56. The number of hydrogen-bond acceptors (Lipinski definition) is 4. The minimum absolute atomic E-state index is 0.211. The summed E-state index contributed by atoms with van der Waals surface area (Å²) in [4.78, 5) is 24.7. The van der Waals surface area contributed by atoms with E-state index in [-0.39, 0.29) is 6.54 Å². The molecule has 7 heteroatoms. The van der Waals surface area contributed by atoms with Gasteiger partial charge in [0.2, 0.25) is 0 Å². The summed E-state index contributed by atoms with van der Waals surface area (Å²) in [7, 11) is 1.84. The average Bonchev–Trinajstić information content (AvgIpc) is 3.01. The number of aliphatic hydroxyl groups is 1. The molecule has 0 radical (unpaired) electrons. The number of carbonyl (C=O) groups excluding carboxylic acids is 2. The average molecular weight is 347 g/mol. The van der Waals surface area contributed by atoms with E-state index in [4.69, 9.17) is 0 Å². The first-order valence-corrected chi connectivity index (χ1v) is 8.77. The van der Waals surface area contributed by atoms with Crippen molar-refractivity contribution in [3.05, 3.63) is 48.3 Å². The summed E-state index contributed by atoms with van der Waals surface area (Å²) in [5.41, 5.74) is 1.37. The van der Waals surface area contributed by atoms with E-state index in [1.807, 2.05) is 48.3 Å². The van der Waals surface area contributed by atoms with Crippen LogP contribution in [0.5, 0.6) is 0 Å². The molecule has 1 unspecified atom stereocenters. The number of carbonyl (C=O) groups is 2. The summed E-state index contributed by atoms with van der Waals surface area (Å²) in [6, 6.07) is 10.9. The maximum absolute atomic E-state index is 11.9. The molecule has 6 nitrogen and oxygen atoms in total. The summed E-state index contributed by atoms with van der Waals surface area (Å²) in [6.07, 6.45) is 3.38. The lowest BCUT2D eigenvalue weighted by molar-refractivity contribution is -0.136. The molecule has 2 amide bonds. The van der Waals surface area contributed by atoms with Crippen molar-refractivity contribution in [3.8, 4) is 0 Å². The lowest BCUT2D eigenvalue weighted by atomic mass is 10.2. The number of anilines is 1. The Balaban J connectivity index is 1.82. The zero-order valence-electron chi connectivity index (χ0n) is 13.7. The number of nitrogens with one attached hydrogen (secondary N) is 2. The number of benzene rings is 1. The number of para-hydroxylation sites is 1. The number of nitrogens with zero attached hydrogens (tertiary/aromatic N) is 1. The monoisotopic (exact) mass is 347 g/mol. The first-order valence-electron chi connectivity index (χ1n) is 7.54. The molecule has 128 valence electrons. The Morgan fingerprint density at radius 1 is 1.21 bits per heavy atom. The van der Waals surface area contributed by atoms with Crippen LogP contribution in [0.1, 0.15) is 18.2 Å². The zero-order chi connectivity index (χ0) is 17.5. The van der Waals surface area contributed by atoms with Gasteiger partial charge in [-0.1, -0.05) is 12.1 Å². The van der Waals surface area contributed by atoms with E-state index < -0.39 is 17.9 Å². The maximum atomic E-state index is 11.9. The highest BCUT2D eigenvalue weighted by Gasteiger charge is 2.16. The molecule has 0 saturated heterocycles. The molecule has 2 rings (SSSR count). The molecule has 2 aromatic rings. The quantitative estimate of drug-likeness (QED) is 0.551. The van der Waals surface area contributed by atoms with Gasteiger partial charge in [0.05, 0.1) is 11.8 Å². The number of thioether (sulfide) groups is 1. The fraction of sp³-hybridized carbons (Fsp3) is 0.294. The molecule has 24 heavy (non-hydrogen) atoms. The van der Waals surface area contributed by atoms with Crippen molar-refractivity contribution in [2.24, 2.45) is 7.05 Å². The first-order chi connectivity index (χ1) is 11.5. The van der Waals surface area contributed by atoms with Gasteiger partial charge in [0.25, 0.3) is 0 Å². The first kappa shape index (κ1) is 18.1. The van der Waals surface area contributed by atoms with Gasteiger partial charge in [-0.2, -0.15) is 0 Å². The Morgan fingerprint density at radius 3 is 2.62 bits per heavy atom. The molecule has 1 aromatic heterocycles. The molecule has 3 N–H and O–H groups in total. The van der Waals surface area contributed by atoms with E-state index in [9.17, 15) is 14.7 Å². The fourth-order valence-electron chi connectivity index (χ4n) is 2.30. The zero-order valence-corrected chi connectivity index (χ0v) is 14.5. The van der Waals surface area contributed by atoms with Crippen LogP contribution in [-0.4, -0.2) is 34.3 Å². The van der Waals surface area contributed by atoms with Gasteiger partial charge in [0, 0.05) is 30.4 Å². The van der Waals surface area contributed by atoms with Gasteiger partial charge in [-0.25, -0.2) is 0 Å². The Labute approximate surface area is 145 Å². The molecule has 0 spiro atoms. The second-order valence-electron chi connectivity index (χ2n) is 5.26. The molecular formula is C17H21N3O3S. The van der Waals surface area contributed by atoms with Crippen molar-refractivity contribution >= 4 is 29.3 Å². The Bertz CT molecular complexity index is 715. The predicted octanol–water partition coefficient (Wildman–Crippen LogP) is 1.93. The number of aliphatic hydroxyl groups excluding tert-OH is 1. The molecule has 0 aliphatic rings. The highest BCUT2D eigenvalue weighted by Crippen LogP contribution is 2.24. The van der Waals surface area contributed by atoms with E-state index in [0.29, 0.717) is 12.1 Å². The topological polar surface area (TPSA) is 83.4 Å². The Kier molecular flexibility index (Phi) is 6.45. The van der Waals surface area contributed by atoms with Crippen LogP contribution in [0, 0.1) is 0 Å². The van der Waals surface area contributed by atoms with Gasteiger partial charge in [-0.05, 0) is 36.9 Å². The number of aryl methyl sites for hydroxylation is 1. The van der Waals surface area contributed by atoms with Gasteiger partial charge in [-0.15, -0.1) is 11.8 Å². The van der Waals surface area contributed by atoms with Crippen molar-refractivity contribution in [1.29, 1.82) is 0 Å². The molecule has 0 fully saturated rings. The van der Waals surface area contributed by atoms with Crippen LogP contribution in [0.2, 0.25) is 0 Å². The lowest BCUT2D eigenvalue weighted by Crippen LogP contribution is -2.36. The van der Waals surface area contributed by atoms with E-state index >= 15 is 0 Å². The van der Waals surface area contributed by atoms with E-state index in [1.165, 1.54) is 11.8 Å². The van der Waals surface area contributed by atoms with Crippen LogP contribution < -0.4 is 10.6 Å². The van der Waals surface area contributed by atoms with Crippen molar-refractivity contribution < 1.29 is 14.7 Å². The molecule has 0 aliphatic heterocycles. The van der Waals surface area contributed by atoms with Crippen LogP contribution >= 0.6 is 11.8 Å². The molecule has 1 heterocycles. The number of hydrogen-bond donors (Lipinski definition) is 3. The van der Waals surface area contributed by atoms with Crippen molar-refractivity contribution in [2.75, 3.05) is 18.1 Å². The van der Waals surface area contributed by atoms with Crippen LogP contribution in [0.15, 0.2) is 47.5 Å². The third-order valence-electron chi connectivity index (χ3n) is 3.59. The van der Waals surface area contributed by atoms with Crippen LogP contribution in [0.4, 0.5) is 5.69 Å². The lowest BCUT2D eigenvalue weighted by Gasteiger charge is -2.13. The Hall–Kier alpha value is -2.25. The Morgan fingerprint density at radius 2 is 1.96 bits per heavy atom. The summed E-state index contributed by atoms with van der Waals surface area (Å²) < 4.78 is 1.82. The van der Waals surface area contributed by atoms with Gasteiger partial charge >= 0.3 is 11.8 Å². The SMILES string of the molecule is CSc1ccccc1NC(=O)C(=O)NCCC(O)c1cccn1C. The summed E-state index contributed by atoms with van der Waals surface area (Å²) in [5.74, 6) is -1.44. The highest BCUT2D eigenvalue weighted by atomic mass is 32.2. The van der Waals surface area contributed by atoms with Crippen molar-refractivity contribution in [1.82, 2.24) is 9.88 Å². The fourth-order valence-corrected chi connectivity index (χ4v) is 2.85. The van der Waals surface area contributed by atoms with Crippen LogP contribution in [0.3, 0.4) is 0 Å². The molecular weight excluding hydrogens is 326 g/mol. The largest absolute Gasteiger partial charge is 0.387 e. The smallest absolute Gasteiger partial charge is 0.313 e. The highest BCUT2D eigenvalue weighted by molar-refractivity contribution is 7.98. The minimum atomic E-state index is -0.718. The van der Waals surface area contributed by atoms with Gasteiger partial charge in [0.1, 0.15) is 0 Å². The van der Waals surface area contributed by atoms with Crippen LogP contribution in [0.25, 0.3) is 0 Å². The maximum Gasteiger partial charge on any atom is 0.313 e. The third kappa shape index (κ3) is 4.62. The van der Waals surface area contributed by atoms with Gasteiger partial charge < -0.3 is 20.3 Å². The summed E-state index contributed by atoms with van der Waals surface area (Å²) in [5, 5.41) is 15.2. The molecule has 1 aromatic carbocycles. The number of rotatable bonds is 6. The molecule has 1 atom stereocenters. The number of aromatic nitrogens is 1. The molecule has 0 bridgehead atoms. The van der Waals surface area contributed by atoms with E-state index in [1.54, 1.807) is 12.1 Å². The standard InChI is InChI=1S/C17H21N3O3S/c1-20-11-5-7-13(20)14(21)9-10-18-16(22)17(23)19-12-6-3-4-8-15(12)24-2/h3-8,11,14,21H,9-10H2,1-2H3,(H,18,22)(H,19,23). The van der Waals surface area contributed by atoms with Crippen molar-refractivity contribution in [2.45, 2.75) is 17.4 Å². The summed E-state index contributed by atoms with van der Waals surface area (Å²) in [6.45, 7) is 0.211. The molecule has 0 saturated carbocycles. The van der Waals surface area contributed by atoms with E-state index in [0.717, 1.165) is 10.6 Å².